The van der Waals surface area contributed by atoms with Crippen LogP contribution in [0.25, 0.3) is 0 Å². The smallest absolute Gasteiger partial charge is 0.424 e. The molecule has 0 radical (unpaired) electrons. The predicted molar refractivity (Wildman–Crippen MR) is 65.5 cm³/mol. The van der Waals surface area contributed by atoms with Crippen molar-refractivity contribution >= 4 is 16.1 Å². The molecule has 1 atom stereocenters. The van der Waals surface area contributed by atoms with Crippen molar-refractivity contribution in [3.05, 3.63) is 42.5 Å². The molecule has 1 aliphatic rings. The van der Waals surface area contributed by atoms with Gasteiger partial charge in [0.15, 0.2) is 0 Å². The molecule has 6 heteroatoms. The van der Waals surface area contributed by atoms with Crippen molar-refractivity contribution in [3.8, 4) is 0 Å². The van der Waals surface area contributed by atoms with Gasteiger partial charge in [0.05, 0.1) is 4.90 Å². The summed E-state index contributed by atoms with van der Waals surface area (Å²) in [6, 6.07) is 5.64. The standard InChI is InChI=1S/C12H13NO4S/c1-3-10-8-17-12(14)13(10)18(15,16)11-6-4-9(2)5-7-11/h3-7,10H,1,8H2,2H3. The molecular weight excluding hydrogens is 254 g/mol. The Morgan fingerprint density at radius 2 is 2.00 bits per heavy atom. The lowest BCUT2D eigenvalue weighted by atomic mass is 10.2. The van der Waals surface area contributed by atoms with Gasteiger partial charge in [-0.3, -0.25) is 0 Å². The van der Waals surface area contributed by atoms with Crippen molar-refractivity contribution in [2.75, 3.05) is 6.61 Å². The zero-order valence-corrected chi connectivity index (χ0v) is 10.7. The number of benzene rings is 1. The monoisotopic (exact) mass is 267 g/mol. The molecule has 0 aliphatic carbocycles. The van der Waals surface area contributed by atoms with Gasteiger partial charge in [-0.25, -0.2) is 13.2 Å². The van der Waals surface area contributed by atoms with Gasteiger partial charge in [-0.2, -0.15) is 4.31 Å². The molecule has 0 bridgehead atoms. The maximum Gasteiger partial charge on any atom is 0.424 e. The fourth-order valence-electron chi connectivity index (χ4n) is 1.69. The van der Waals surface area contributed by atoms with Crippen molar-refractivity contribution < 1.29 is 17.9 Å². The van der Waals surface area contributed by atoms with Crippen LogP contribution < -0.4 is 0 Å². The summed E-state index contributed by atoms with van der Waals surface area (Å²) < 4.78 is 30.1. The summed E-state index contributed by atoms with van der Waals surface area (Å²) in [4.78, 5) is 11.6. The summed E-state index contributed by atoms with van der Waals surface area (Å²) in [6.07, 6.45) is 0.525. The van der Waals surface area contributed by atoms with Crippen molar-refractivity contribution in [2.45, 2.75) is 17.9 Å². The summed E-state index contributed by atoms with van der Waals surface area (Å²) in [6.45, 7) is 5.37. The molecule has 1 aliphatic heterocycles. The number of nitrogens with zero attached hydrogens (tertiary/aromatic N) is 1. The van der Waals surface area contributed by atoms with Crippen LogP contribution in [0, 0.1) is 6.92 Å². The first-order chi connectivity index (χ1) is 8.46. The maximum absolute atomic E-state index is 12.3. The van der Waals surface area contributed by atoms with E-state index in [2.05, 4.69) is 6.58 Å². The lowest BCUT2D eigenvalue weighted by Crippen LogP contribution is -2.37. The fourth-order valence-corrected chi connectivity index (χ4v) is 3.15. The highest BCUT2D eigenvalue weighted by atomic mass is 32.2. The first-order valence-corrected chi connectivity index (χ1v) is 6.81. The number of hydrogen-bond acceptors (Lipinski definition) is 4. The van der Waals surface area contributed by atoms with E-state index < -0.39 is 22.2 Å². The maximum atomic E-state index is 12.3. The minimum atomic E-state index is -3.88. The van der Waals surface area contributed by atoms with E-state index in [1.807, 2.05) is 6.92 Å². The normalized spacial score (nSPS) is 19.7. The molecule has 96 valence electrons. The number of carbonyl (C=O) groups is 1. The number of aryl methyl sites for hydroxylation is 1. The summed E-state index contributed by atoms with van der Waals surface area (Å²) >= 11 is 0. The highest BCUT2D eigenvalue weighted by molar-refractivity contribution is 7.89. The van der Waals surface area contributed by atoms with E-state index >= 15 is 0 Å². The van der Waals surface area contributed by atoms with Crippen molar-refractivity contribution in [1.82, 2.24) is 4.31 Å². The number of ether oxygens (including phenoxy) is 1. The van der Waals surface area contributed by atoms with Crippen LogP contribution in [0.5, 0.6) is 0 Å². The molecule has 0 aromatic heterocycles. The van der Waals surface area contributed by atoms with Crippen molar-refractivity contribution in [1.29, 1.82) is 0 Å². The van der Waals surface area contributed by atoms with Crippen LogP contribution in [-0.4, -0.2) is 31.5 Å². The van der Waals surface area contributed by atoms with Crippen LogP contribution in [-0.2, 0) is 14.8 Å². The summed E-state index contributed by atoms with van der Waals surface area (Å²) in [5.74, 6) is 0. The van der Waals surface area contributed by atoms with E-state index in [1.165, 1.54) is 18.2 Å². The topological polar surface area (TPSA) is 63.7 Å². The molecular formula is C12H13NO4S. The second-order valence-electron chi connectivity index (χ2n) is 3.99. The van der Waals surface area contributed by atoms with E-state index in [1.54, 1.807) is 12.1 Å². The molecule has 0 N–H and O–H groups in total. The zero-order chi connectivity index (χ0) is 13.3. The number of sulfonamides is 1. The number of hydrogen-bond donors (Lipinski definition) is 0. The van der Waals surface area contributed by atoms with Gasteiger partial charge in [0, 0.05) is 0 Å². The minimum Gasteiger partial charge on any atom is -0.446 e. The van der Waals surface area contributed by atoms with Gasteiger partial charge in [-0.15, -0.1) is 6.58 Å². The van der Waals surface area contributed by atoms with Gasteiger partial charge in [-0.05, 0) is 19.1 Å². The Balaban J connectivity index is 2.44. The van der Waals surface area contributed by atoms with Gasteiger partial charge < -0.3 is 4.74 Å². The first kappa shape index (κ1) is 12.6. The van der Waals surface area contributed by atoms with Gasteiger partial charge >= 0.3 is 6.09 Å². The van der Waals surface area contributed by atoms with E-state index in [0.29, 0.717) is 0 Å². The van der Waals surface area contributed by atoms with E-state index in [9.17, 15) is 13.2 Å². The molecule has 1 fully saturated rings. The molecule has 1 aromatic rings. The molecule has 1 amide bonds. The Morgan fingerprint density at radius 1 is 1.39 bits per heavy atom. The zero-order valence-electron chi connectivity index (χ0n) is 9.87. The number of amides is 1. The second kappa shape index (κ2) is 4.45. The van der Waals surface area contributed by atoms with Crippen LogP contribution in [0.2, 0.25) is 0 Å². The summed E-state index contributed by atoms with van der Waals surface area (Å²) in [5.41, 5.74) is 0.943. The Morgan fingerprint density at radius 3 is 2.56 bits per heavy atom. The Hall–Kier alpha value is -1.82. The third-order valence-electron chi connectivity index (χ3n) is 2.71. The lowest BCUT2D eigenvalue weighted by molar-refractivity contribution is 0.170. The van der Waals surface area contributed by atoms with E-state index in [0.717, 1.165) is 9.87 Å². The number of cyclic esters (lactones) is 1. The molecule has 0 spiro atoms. The van der Waals surface area contributed by atoms with Crippen LogP contribution in [0.4, 0.5) is 4.79 Å². The van der Waals surface area contributed by atoms with Crippen LogP contribution >= 0.6 is 0 Å². The average molecular weight is 267 g/mol. The van der Waals surface area contributed by atoms with Crippen molar-refractivity contribution in [2.24, 2.45) is 0 Å². The van der Waals surface area contributed by atoms with E-state index in [-0.39, 0.29) is 11.5 Å². The molecule has 1 heterocycles. The molecule has 5 nitrogen and oxygen atoms in total. The first-order valence-electron chi connectivity index (χ1n) is 5.37. The molecule has 0 saturated carbocycles. The Kier molecular flexibility index (Phi) is 3.13. The predicted octanol–water partition coefficient (Wildman–Crippen LogP) is 1.69. The quantitative estimate of drug-likeness (QED) is 0.782. The van der Waals surface area contributed by atoms with Crippen molar-refractivity contribution in [3.63, 3.8) is 0 Å². The molecule has 1 saturated heterocycles. The van der Waals surface area contributed by atoms with Gasteiger partial charge in [0.1, 0.15) is 12.6 Å². The van der Waals surface area contributed by atoms with Crippen LogP contribution in [0.1, 0.15) is 5.56 Å². The third kappa shape index (κ3) is 1.99. The lowest BCUT2D eigenvalue weighted by Gasteiger charge is -2.18. The Labute approximate surface area is 106 Å². The second-order valence-corrected chi connectivity index (χ2v) is 5.81. The van der Waals surface area contributed by atoms with Gasteiger partial charge in [0.25, 0.3) is 10.0 Å². The average Bonchev–Trinajstić information content (AvgIpc) is 2.71. The van der Waals surface area contributed by atoms with Gasteiger partial charge in [-0.1, -0.05) is 23.8 Å². The highest BCUT2D eigenvalue weighted by Gasteiger charge is 2.41. The fraction of sp³-hybridized carbons (Fsp3) is 0.250. The van der Waals surface area contributed by atoms with Gasteiger partial charge in [0.2, 0.25) is 0 Å². The Bertz CT molecular complexity index is 577. The summed E-state index contributed by atoms with van der Waals surface area (Å²) in [5, 5.41) is 0. The van der Waals surface area contributed by atoms with E-state index in [4.69, 9.17) is 4.74 Å². The largest absolute Gasteiger partial charge is 0.446 e. The van der Waals surface area contributed by atoms with Crippen LogP contribution in [0.3, 0.4) is 0 Å². The molecule has 1 unspecified atom stereocenters. The minimum absolute atomic E-state index is 0.00737. The number of carbonyl (C=O) groups excluding carboxylic acids is 1. The number of rotatable bonds is 3. The molecule has 2 rings (SSSR count). The highest BCUT2D eigenvalue weighted by Crippen LogP contribution is 2.24. The third-order valence-corrected chi connectivity index (χ3v) is 4.51. The molecule has 1 aromatic carbocycles. The SMILES string of the molecule is C=CC1COC(=O)N1S(=O)(=O)c1ccc(C)cc1. The van der Waals surface area contributed by atoms with Crippen LogP contribution in [0.15, 0.2) is 41.8 Å². The molecule has 18 heavy (non-hydrogen) atoms. The summed E-state index contributed by atoms with van der Waals surface area (Å²) in [7, 11) is -3.88.